The maximum absolute atomic E-state index is 12.1. The molecule has 108 valence electrons. The molecule has 19 heavy (non-hydrogen) atoms. The van der Waals surface area contributed by atoms with Crippen molar-refractivity contribution in [2.45, 2.75) is 51.1 Å². The van der Waals surface area contributed by atoms with Gasteiger partial charge in [-0.2, -0.15) is 4.68 Å². The Labute approximate surface area is 113 Å². The Morgan fingerprint density at radius 3 is 2.37 bits per heavy atom. The van der Waals surface area contributed by atoms with Crippen LogP contribution in [-0.2, 0) is 9.84 Å². The van der Waals surface area contributed by atoms with Crippen molar-refractivity contribution in [3.05, 3.63) is 6.33 Å². The number of rotatable bonds is 4. The minimum atomic E-state index is -3.56. The molecule has 0 saturated heterocycles. The van der Waals surface area contributed by atoms with E-state index in [0.717, 1.165) is 11.0 Å². The summed E-state index contributed by atoms with van der Waals surface area (Å²) in [6, 6.07) is -0.373. The molecule has 7 nitrogen and oxygen atoms in total. The van der Waals surface area contributed by atoms with E-state index in [2.05, 4.69) is 10.1 Å². The molecule has 1 aromatic heterocycles. The number of nitrogens with zero attached hydrogens (tertiary/aromatic N) is 4. The third-order valence-electron chi connectivity index (χ3n) is 2.75. The highest BCUT2D eigenvalue weighted by atomic mass is 32.2. The minimum absolute atomic E-state index is 0.00635. The highest BCUT2D eigenvalue weighted by Gasteiger charge is 2.26. The summed E-state index contributed by atoms with van der Waals surface area (Å²) in [6.07, 6.45) is 1.14. The van der Waals surface area contributed by atoms with Crippen LogP contribution >= 0.6 is 0 Å². The standard InChI is InChI=1S/C11H20N4O3S/c1-6-14(8(2)3)11(16)15-7-12-10(13-15)19(17,18)9(4)5/h7-9H,6H2,1-5H3. The monoisotopic (exact) mass is 288 g/mol. The number of sulfone groups is 1. The zero-order chi connectivity index (χ0) is 14.8. The lowest BCUT2D eigenvalue weighted by Gasteiger charge is -2.24. The summed E-state index contributed by atoms with van der Waals surface area (Å²) in [6.45, 7) is 9.21. The lowest BCUT2D eigenvalue weighted by Crippen LogP contribution is -2.39. The number of amides is 1. The molecule has 0 radical (unpaired) electrons. The van der Waals surface area contributed by atoms with Gasteiger partial charge in [0.2, 0.25) is 9.84 Å². The highest BCUT2D eigenvalue weighted by molar-refractivity contribution is 7.91. The SMILES string of the molecule is CCN(C(=O)n1cnc(S(=O)(=O)C(C)C)n1)C(C)C. The summed E-state index contributed by atoms with van der Waals surface area (Å²) in [4.78, 5) is 17.4. The smallest absolute Gasteiger partial charge is 0.321 e. The number of carbonyl (C=O) groups excluding carboxylic acids is 1. The van der Waals surface area contributed by atoms with Crippen molar-refractivity contribution < 1.29 is 13.2 Å². The van der Waals surface area contributed by atoms with Gasteiger partial charge < -0.3 is 4.90 Å². The van der Waals surface area contributed by atoms with E-state index >= 15 is 0 Å². The molecule has 0 N–H and O–H groups in total. The van der Waals surface area contributed by atoms with E-state index in [1.54, 1.807) is 18.7 Å². The fourth-order valence-corrected chi connectivity index (χ4v) is 2.35. The van der Waals surface area contributed by atoms with Crippen LogP contribution in [0.2, 0.25) is 0 Å². The number of carbonyl (C=O) groups is 1. The van der Waals surface area contributed by atoms with Gasteiger partial charge in [-0.15, -0.1) is 5.10 Å². The van der Waals surface area contributed by atoms with Gasteiger partial charge in [0.1, 0.15) is 6.33 Å². The molecule has 0 aliphatic carbocycles. The summed E-state index contributed by atoms with van der Waals surface area (Å²) in [5.74, 6) is 0. The van der Waals surface area contributed by atoms with Gasteiger partial charge in [0, 0.05) is 12.6 Å². The number of aromatic nitrogens is 3. The summed E-state index contributed by atoms with van der Waals surface area (Å²) in [7, 11) is -3.56. The van der Waals surface area contributed by atoms with E-state index < -0.39 is 15.1 Å². The van der Waals surface area contributed by atoms with Gasteiger partial charge in [-0.25, -0.2) is 18.2 Å². The third kappa shape index (κ3) is 3.12. The number of hydrogen-bond donors (Lipinski definition) is 0. The van der Waals surface area contributed by atoms with Crippen molar-refractivity contribution in [1.82, 2.24) is 19.7 Å². The van der Waals surface area contributed by atoms with E-state index in [1.165, 1.54) is 0 Å². The molecule has 0 aliphatic rings. The maximum Gasteiger partial charge on any atom is 0.346 e. The molecule has 1 rings (SSSR count). The van der Waals surface area contributed by atoms with Crippen molar-refractivity contribution >= 4 is 15.9 Å². The van der Waals surface area contributed by atoms with Gasteiger partial charge in [0.25, 0.3) is 5.16 Å². The fraction of sp³-hybridized carbons (Fsp3) is 0.727. The van der Waals surface area contributed by atoms with Crippen molar-refractivity contribution in [2.24, 2.45) is 0 Å². The molecule has 1 heterocycles. The first kappa shape index (κ1) is 15.6. The summed E-state index contributed by atoms with van der Waals surface area (Å²) < 4.78 is 24.7. The zero-order valence-electron chi connectivity index (χ0n) is 11.9. The van der Waals surface area contributed by atoms with E-state index in [0.29, 0.717) is 6.54 Å². The van der Waals surface area contributed by atoms with Gasteiger partial charge in [0.05, 0.1) is 5.25 Å². The molecule has 0 atom stereocenters. The van der Waals surface area contributed by atoms with Crippen LogP contribution < -0.4 is 0 Å². The molecule has 0 saturated carbocycles. The summed E-state index contributed by atoms with van der Waals surface area (Å²) in [5.41, 5.74) is 0. The van der Waals surface area contributed by atoms with Crippen LogP contribution in [0.1, 0.15) is 34.6 Å². The van der Waals surface area contributed by atoms with Crippen LogP contribution in [0.15, 0.2) is 11.5 Å². The molecular formula is C11H20N4O3S. The van der Waals surface area contributed by atoms with Crippen molar-refractivity contribution in [2.75, 3.05) is 6.54 Å². The first-order valence-corrected chi connectivity index (χ1v) is 7.73. The number of hydrogen-bond acceptors (Lipinski definition) is 5. The molecule has 0 aliphatic heterocycles. The topological polar surface area (TPSA) is 85.2 Å². The van der Waals surface area contributed by atoms with Crippen molar-refractivity contribution in [3.8, 4) is 0 Å². The highest BCUT2D eigenvalue weighted by Crippen LogP contribution is 2.11. The van der Waals surface area contributed by atoms with E-state index in [4.69, 9.17) is 0 Å². The van der Waals surface area contributed by atoms with Crippen LogP contribution in [0.5, 0.6) is 0 Å². The fourth-order valence-electron chi connectivity index (χ4n) is 1.53. The minimum Gasteiger partial charge on any atom is -0.321 e. The summed E-state index contributed by atoms with van der Waals surface area (Å²) >= 11 is 0. The molecule has 0 aromatic carbocycles. The lowest BCUT2D eigenvalue weighted by atomic mass is 10.3. The van der Waals surface area contributed by atoms with Gasteiger partial charge in [-0.05, 0) is 34.6 Å². The average Bonchev–Trinajstić information content (AvgIpc) is 2.78. The zero-order valence-corrected chi connectivity index (χ0v) is 12.7. The largest absolute Gasteiger partial charge is 0.346 e. The van der Waals surface area contributed by atoms with Crippen LogP contribution in [0.4, 0.5) is 4.79 Å². The molecule has 0 fully saturated rings. The van der Waals surface area contributed by atoms with Crippen LogP contribution in [0.25, 0.3) is 0 Å². The predicted octanol–water partition coefficient (Wildman–Crippen LogP) is 1.16. The average molecular weight is 288 g/mol. The second kappa shape index (κ2) is 5.68. The normalized spacial score (nSPS) is 12.2. The molecule has 1 amide bonds. The molecule has 8 heteroatoms. The quantitative estimate of drug-likeness (QED) is 0.830. The molecule has 0 unspecified atom stereocenters. The third-order valence-corrected chi connectivity index (χ3v) is 4.69. The Hall–Kier alpha value is -1.44. The lowest BCUT2D eigenvalue weighted by molar-refractivity contribution is 0.185. The van der Waals surface area contributed by atoms with Gasteiger partial charge in [0.15, 0.2) is 0 Å². The Morgan fingerprint density at radius 2 is 1.95 bits per heavy atom. The Balaban J connectivity index is 3.07. The predicted molar refractivity (Wildman–Crippen MR) is 70.7 cm³/mol. The van der Waals surface area contributed by atoms with Crippen molar-refractivity contribution in [3.63, 3.8) is 0 Å². The molecular weight excluding hydrogens is 268 g/mol. The Bertz CT molecular complexity index is 548. The second-order valence-corrected chi connectivity index (χ2v) is 7.13. The Morgan fingerprint density at radius 1 is 1.37 bits per heavy atom. The van der Waals surface area contributed by atoms with Crippen LogP contribution in [-0.4, -0.2) is 51.9 Å². The van der Waals surface area contributed by atoms with E-state index in [1.807, 2.05) is 20.8 Å². The van der Waals surface area contributed by atoms with Gasteiger partial charge in [-0.1, -0.05) is 0 Å². The van der Waals surface area contributed by atoms with E-state index in [-0.39, 0.29) is 17.2 Å². The molecule has 0 spiro atoms. The van der Waals surface area contributed by atoms with Crippen molar-refractivity contribution in [1.29, 1.82) is 0 Å². The molecule has 1 aromatic rings. The second-order valence-electron chi connectivity index (χ2n) is 4.73. The summed E-state index contributed by atoms with van der Waals surface area (Å²) in [5, 5.41) is 2.85. The first-order chi connectivity index (χ1) is 8.71. The van der Waals surface area contributed by atoms with Gasteiger partial charge >= 0.3 is 6.03 Å². The van der Waals surface area contributed by atoms with Crippen LogP contribution in [0, 0.1) is 0 Å². The first-order valence-electron chi connectivity index (χ1n) is 6.18. The van der Waals surface area contributed by atoms with Gasteiger partial charge in [-0.3, -0.25) is 0 Å². The van der Waals surface area contributed by atoms with Crippen LogP contribution in [0.3, 0.4) is 0 Å². The maximum atomic E-state index is 12.1. The molecule has 0 bridgehead atoms. The van der Waals surface area contributed by atoms with E-state index in [9.17, 15) is 13.2 Å². The Kier molecular flexibility index (Phi) is 4.67.